The van der Waals surface area contributed by atoms with E-state index in [9.17, 15) is 4.79 Å². The van der Waals surface area contributed by atoms with Crippen molar-refractivity contribution in [2.75, 3.05) is 12.3 Å². The van der Waals surface area contributed by atoms with Gasteiger partial charge in [0.25, 0.3) is 0 Å². The number of carbonyl (C=O) groups excluding carboxylic acids is 1. The average Bonchev–Trinajstić information content (AvgIpc) is 2.98. The zero-order valence-electron chi connectivity index (χ0n) is 12.1. The molecule has 1 fully saturated rings. The molecule has 1 aromatic rings. The van der Waals surface area contributed by atoms with Crippen LogP contribution in [0.4, 0.5) is 0 Å². The summed E-state index contributed by atoms with van der Waals surface area (Å²) in [6.07, 6.45) is 4.77. The molecule has 0 saturated carbocycles. The van der Waals surface area contributed by atoms with Crippen molar-refractivity contribution in [1.29, 1.82) is 0 Å². The lowest BCUT2D eigenvalue weighted by Crippen LogP contribution is -2.42. The number of hydrogen-bond donors (Lipinski definition) is 2. The van der Waals surface area contributed by atoms with E-state index in [4.69, 9.17) is 0 Å². The molecule has 4 heteroatoms. The van der Waals surface area contributed by atoms with Crippen molar-refractivity contribution < 1.29 is 4.79 Å². The highest BCUT2D eigenvalue weighted by Crippen LogP contribution is 2.32. The van der Waals surface area contributed by atoms with Crippen molar-refractivity contribution in [1.82, 2.24) is 10.6 Å². The summed E-state index contributed by atoms with van der Waals surface area (Å²) in [6.45, 7) is 3.00. The van der Waals surface area contributed by atoms with Gasteiger partial charge in [-0.15, -0.1) is 11.8 Å². The van der Waals surface area contributed by atoms with Crippen LogP contribution in [0.1, 0.15) is 43.5 Å². The van der Waals surface area contributed by atoms with Gasteiger partial charge in [-0.2, -0.15) is 0 Å². The van der Waals surface area contributed by atoms with Gasteiger partial charge in [0.1, 0.15) is 0 Å². The van der Waals surface area contributed by atoms with E-state index in [-0.39, 0.29) is 17.3 Å². The van der Waals surface area contributed by atoms with E-state index < -0.39 is 0 Å². The summed E-state index contributed by atoms with van der Waals surface area (Å²) in [5.74, 6) is 0.993. The third-order valence-corrected chi connectivity index (χ3v) is 4.80. The predicted octanol–water partition coefficient (Wildman–Crippen LogP) is 3.09. The molecular weight excluding hydrogens is 268 g/mol. The highest BCUT2D eigenvalue weighted by atomic mass is 32.2. The van der Waals surface area contributed by atoms with E-state index in [0.29, 0.717) is 0 Å². The minimum absolute atomic E-state index is 0.0589. The molecule has 110 valence electrons. The lowest BCUT2D eigenvalue weighted by atomic mass is 10.2. The first-order chi connectivity index (χ1) is 9.81. The second-order valence-electron chi connectivity index (χ2n) is 5.19. The Morgan fingerprint density at radius 3 is 2.85 bits per heavy atom. The maximum Gasteiger partial charge on any atom is 0.238 e. The van der Waals surface area contributed by atoms with Crippen LogP contribution in [0.25, 0.3) is 0 Å². The summed E-state index contributed by atoms with van der Waals surface area (Å²) in [5, 5.41) is 6.69. The summed E-state index contributed by atoms with van der Waals surface area (Å²) in [4.78, 5) is 12.1. The lowest BCUT2D eigenvalue weighted by Gasteiger charge is -2.13. The van der Waals surface area contributed by atoms with E-state index in [1.165, 1.54) is 24.8 Å². The molecule has 0 aromatic heterocycles. The highest BCUT2D eigenvalue weighted by molar-refractivity contribution is 7.99. The Labute approximate surface area is 125 Å². The molecule has 2 atom stereocenters. The molecule has 3 nitrogen and oxygen atoms in total. The molecule has 1 aliphatic rings. The third kappa shape index (κ3) is 4.53. The molecule has 1 aromatic carbocycles. The van der Waals surface area contributed by atoms with Crippen LogP contribution in [0, 0.1) is 0 Å². The maximum atomic E-state index is 12.1. The summed E-state index contributed by atoms with van der Waals surface area (Å²) in [7, 11) is 0. The second-order valence-corrected chi connectivity index (χ2v) is 6.33. The minimum Gasteiger partial charge on any atom is -0.355 e. The Bertz CT molecular complexity index is 410. The molecule has 2 N–H and O–H groups in total. The molecule has 1 saturated heterocycles. The van der Waals surface area contributed by atoms with Gasteiger partial charge in [-0.1, -0.05) is 56.5 Å². The lowest BCUT2D eigenvalue weighted by molar-refractivity contribution is -0.122. The Balaban J connectivity index is 1.71. The Kier molecular flexibility index (Phi) is 6.40. The minimum atomic E-state index is -0.0589. The monoisotopic (exact) mass is 292 g/mol. The summed E-state index contributed by atoms with van der Waals surface area (Å²) >= 11 is 1.81. The van der Waals surface area contributed by atoms with Gasteiger partial charge >= 0.3 is 0 Å². The fraction of sp³-hybridized carbons (Fsp3) is 0.562. The highest BCUT2D eigenvalue weighted by Gasteiger charge is 2.29. The van der Waals surface area contributed by atoms with Crippen molar-refractivity contribution in [2.24, 2.45) is 0 Å². The van der Waals surface area contributed by atoms with Crippen LogP contribution >= 0.6 is 11.8 Å². The zero-order valence-corrected chi connectivity index (χ0v) is 12.9. The fourth-order valence-electron chi connectivity index (χ4n) is 2.33. The van der Waals surface area contributed by atoms with Crippen LogP contribution in [0.2, 0.25) is 0 Å². The van der Waals surface area contributed by atoms with Crippen LogP contribution in [0.15, 0.2) is 30.3 Å². The van der Waals surface area contributed by atoms with E-state index >= 15 is 0 Å². The number of carbonyl (C=O) groups is 1. The van der Waals surface area contributed by atoms with Crippen molar-refractivity contribution in [3.63, 3.8) is 0 Å². The molecule has 0 radical (unpaired) electrons. The zero-order chi connectivity index (χ0) is 14.2. The standard InChI is InChI=1S/C16H24N2OS/c1-2-3-4-8-11-17-15(19)14-12-20-16(18-14)13-9-6-5-7-10-13/h5-7,9-10,14,16,18H,2-4,8,11-12H2,1H3,(H,17,19). The first-order valence-corrected chi connectivity index (χ1v) is 8.56. The molecule has 20 heavy (non-hydrogen) atoms. The van der Waals surface area contributed by atoms with Crippen molar-refractivity contribution >= 4 is 17.7 Å². The van der Waals surface area contributed by atoms with Gasteiger partial charge in [-0.05, 0) is 12.0 Å². The largest absolute Gasteiger partial charge is 0.355 e. The number of rotatable bonds is 7. The fourth-order valence-corrected chi connectivity index (χ4v) is 3.57. The topological polar surface area (TPSA) is 41.1 Å². The summed E-state index contributed by atoms with van der Waals surface area (Å²) < 4.78 is 0. The molecule has 0 aliphatic carbocycles. The molecule has 0 spiro atoms. The predicted molar refractivity (Wildman–Crippen MR) is 85.7 cm³/mol. The number of unbranched alkanes of at least 4 members (excludes halogenated alkanes) is 3. The van der Waals surface area contributed by atoms with Crippen LogP contribution < -0.4 is 10.6 Å². The smallest absolute Gasteiger partial charge is 0.238 e. The van der Waals surface area contributed by atoms with Gasteiger partial charge in [0.15, 0.2) is 0 Å². The van der Waals surface area contributed by atoms with Gasteiger partial charge < -0.3 is 5.32 Å². The van der Waals surface area contributed by atoms with Gasteiger partial charge in [-0.25, -0.2) is 0 Å². The molecular formula is C16H24N2OS. The van der Waals surface area contributed by atoms with Crippen LogP contribution in [0.5, 0.6) is 0 Å². The van der Waals surface area contributed by atoms with Gasteiger partial charge in [0.05, 0.1) is 11.4 Å². The SMILES string of the molecule is CCCCCCNC(=O)C1CSC(c2ccccc2)N1. The van der Waals surface area contributed by atoms with Crippen LogP contribution in [0.3, 0.4) is 0 Å². The first-order valence-electron chi connectivity index (χ1n) is 7.51. The number of nitrogens with one attached hydrogen (secondary N) is 2. The van der Waals surface area contributed by atoms with Crippen LogP contribution in [-0.4, -0.2) is 24.2 Å². The van der Waals surface area contributed by atoms with Crippen molar-refractivity contribution in [3.05, 3.63) is 35.9 Å². The summed E-state index contributed by atoms with van der Waals surface area (Å²) in [5.41, 5.74) is 1.25. The number of benzene rings is 1. The third-order valence-electron chi connectivity index (χ3n) is 3.53. The molecule has 1 aliphatic heterocycles. The average molecular weight is 292 g/mol. The first kappa shape index (κ1) is 15.4. The van der Waals surface area contributed by atoms with Crippen molar-refractivity contribution in [2.45, 2.75) is 44.0 Å². The van der Waals surface area contributed by atoms with E-state index in [1.807, 2.05) is 30.0 Å². The quantitative estimate of drug-likeness (QED) is 0.759. The molecule has 2 unspecified atom stereocenters. The van der Waals surface area contributed by atoms with Crippen LogP contribution in [-0.2, 0) is 4.79 Å². The number of thioether (sulfide) groups is 1. The molecule has 2 rings (SSSR count). The van der Waals surface area contributed by atoms with E-state index in [2.05, 4.69) is 29.7 Å². The Hall–Kier alpha value is -1.00. The Morgan fingerprint density at radius 2 is 2.10 bits per heavy atom. The van der Waals surface area contributed by atoms with Gasteiger partial charge in [0, 0.05) is 12.3 Å². The maximum absolute atomic E-state index is 12.1. The molecule has 0 bridgehead atoms. The van der Waals surface area contributed by atoms with Gasteiger partial charge in [0.2, 0.25) is 5.91 Å². The van der Waals surface area contributed by atoms with E-state index in [1.54, 1.807) is 0 Å². The normalized spacial score (nSPS) is 21.9. The summed E-state index contributed by atoms with van der Waals surface area (Å²) in [6, 6.07) is 10.3. The number of amides is 1. The second kappa shape index (κ2) is 8.32. The Morgan fingerprint density at radius 1 is 1.30 bits per heavy atom. The molecule has 1 amide bonds. The number of hydrogen-bond acceptors (Lipinski definition) is 3. The van der Waals surface area contributed by atoms with Crippen molar-refractivity contribution in [3.8, 4) is 0 Å². The molecule has 1 heterocycles. The van der Waals surface area contributed by atoms with E-state index in [0.717, 1.165) is 18.7 Å². The van der Waals surface area contributed by atoms with Gasteiger partial charge in [-0.3, -0.25) is 10.1 Å².